The third-order valence-electron chi connectivity index (χ3n) is 1.56. The Morgan fingerprint density at radius 2 is 1.41 bits per heavy atom. The molecule has 0 fully saturated rings. The van der Waals surface area contributed by atoms with Crippen LogP contribution in [0, 0.1) is 12.3 Å². The summed E-state index contributed by atoms with van der Waals surface area (Å²) in [4.78, 5) is 10.5. The molecule has 0 rings (SSSR count). The molecule has 0 amide bonds. The van der Waals surface area contributed by atoms with Crippen LogP contribution < -0.4 is 0 Å². The summed E-state index contributed by atoms with van der Waals surface area (Å²) in [6, 6.07) is 0. The van der Waals surface area contributed by atoms with Crippen LogP contribution in [-0.2, 0) is 23.7 Å². The zero-order valence-electron chi connectivity index (χ0n) is 9.72. The van der Waals surface area contributed by atoms with E-state index in [2.05, 4.69) is 4.74 Å². The van der Waals surface area contributed by atoms with Crippen molar-refractivity contribution < 1.29 is 28.8 Å². The van der Waals surface area contributed by atoms with E-state index >= 15 is 0 Å². The van der Waals surface area contributed by atoms with Crippen LogP contribution in [0.3, 0.4) is 0 Å². The Morgan fingerprint density at radius 1 is 0.941 bits per heavy atom. The molecule has 6 heteroatoms. The average Bonchev–Trinajstić information content (AvgIpc) is 2.35. The number of ether oxygens (including phenoxy) is 4. The predicted octanol–water partition coefficient (Wildman–Crippen LogP) is -0.795. The first-order valence-electron chi connectivity index (χ1n) is 5.28. The Balaban J connectivity index is 2.99. The SMILES string of the molecule is C#CC(=O)OCCOCCOCCOCCO. The van der Waals surface area contributed by atoms with Crippen molar-refractivity contribution in [3.8, 4) is 12.3 Å². The van der Waals surface area contributed by atoms with Gasteiger partial charge in [-0.05, 0) is 0 Å². The zero-order valence-corrected chi connectivity index (χ0v) is 9.72. The first-order chi connectivity index (χ1) is 8.31. The molecule has 0 aliphatic carbocycles. The predicted molar refractivity (Wildman–Crippen MR) is 59.3 cm³/mol. The van der Waals surface area contributed by atoms with Crippen LogP contribution in [0.25, 0.3) is 0 Å². The van der Waals surface area contributed by atoms with Gasteiger partial charge in [-0.1, -0.05) is 0 Å². The first kappa shape index (κ1) is 15.9. The van der Waals surface area contributed by atoms with Crippen molar-refractivity contribution in [2.45, 2.75) is 0 Å². The second-order valence-corrected chi connectivity index (χ2v) is 2.84. The maximum absolute atomic E-state index is 10.5. The normalized spacial score (nSPS) is 9.88. The van der Waals surface area contributed by atoms with Gasteiger partial charge >= 0.3 is 5.97 Å². The minimum atomic E-state index is -0.689. The van der Waals surface area contributed by atoms with Gasteiger partial charge in [0.05, 0.1) is 46.2 Å². The topological polar surface area (TPSA) is 74.2 Å². The van der Waals surface area contributed by atoms with E-state index in [4.69, 9.17) is 25.7 Å². The summed E-state index contributed by atoms with van der Waals surface area (Å²) in [5.74, 6) is 1.14. The van der Waals surface area contributed by atoms with E-state index in [9.17, 15) is 4.79 Å². The van der Waals surface area contributed by atoms with Gasteiger partial charge in [0.1, 0.15) is 6.61 Å². The number of aliphatic hydroxyl groups excluding tert-OH is 1. The van der Waals surface area contributed by atoms with Gasteiger partial charge in [0, 0.05) is 5.92 Å². The molecule has 17 heavy (non-hydrogen) atoms. The largest absolute Gasteiger partial charge is 0.454 e. The molecule has 0 aliphatic rings. The number of carbonyl (C=O) groups excluding carboxylic acids is 1. The van der Waals surface area contributed by atoms with E-state index in [0.717, 1.165) is 0 Å². The van der Waals surface area contributed by atoms with Crippen LogP contribution >= 0.6 is 0 Å². The third-order valence-corrected chi connectivity index (χ3v) is 1.56. The van der Waals surface area contributed by atoms with Crippen molar-refractivity contribution in [3.05, 3.63) is 0 Å². The van der Waals surface area contributed by atoms with Gasteiger partial charge in [-0.2, -0.15) is 0 Å². The molecule has 98 valence electrons. The van der Waals surface area contributed by atoms with E-state index in [1.807, 2.05) is 5.92 Å². The van der Waals surface area contributed by atoms with E-state index in [0.29, 0.717) is 33.0 Å². The molecule has 0 aromatic rings. The maximum atomic E-state index is 10.5. The molecule has 0 radical (unpaired) electrons. The Morgan fingerprint density at radius 3 is 1.88 bits per heavy atom. The molecular weight excluding hydrogens is 228 g/mol. The van der Waals surface area contributed by atoms with Crippen molar-refractivity contribution in [1.29, 1.82) is 0 Å². The van der Waals surface area contributed by atoms with Crippen LogP contribution in [0.2, 0.25) is 0 Å². The van der Waals surface area contributed by atoms with Crippen molar-refractivity contribution in [3.63, 3.8) is 0 Å². The standard InChI is InChI=1S/C11H18O6/c1-2-11(13)17-10-9-16-8-7-15-6-5-14-4-3-12/h1,12H,3-10H2. The lowest BCUT2D eigenvalue weighted by Gasteiger charge is -2.06. The van der Waals surface area contributed by atoms with Crippen molar-refractivity contribution >= 4 is 5.97 Å². The van der Waals surface area contributed by atoms with Crippen molar-refractivity contribution in [2.24, 2.45) is 0 Å². The summed E-state index contributed by atoms with van der Waals surface area (Å²) in [5, 5.41) is 8.41. The molecular formula is C11H18O6. The number of hydrogen-bond acceptors (Lipinski definition) is 6. The fourth-order valence-electron chi connectivity index (χ4n) is 0.841. The number of hydrogen-bond donors (Lipinski definition) is 1. The lowest BCUT2D eigenvalue weighted by molar-refractivity contribution is -0.138. The van der Waals surface area contributed by atoms with Gasteiger partial charge in [0.15, 0.2) is 0 Å². The Bertz CT molecular complexity index is 222. The number of aliphatic hydroxyl groups is 1. The molecule has 6 nitrogen and oxygen atoms in total. The second-order valence-electron chi connectivity index (χ2n) is 2.84. The highest BCUT2D eigenvalue weighted by atomic mass is 16.6. The third kappa shape index (κ3) is 12.8. The molecule has 0 atom stereocenters. The van der Waals surface area contributed by atoms with Gasteiger partial charge in [0.25, 0.3) is 0 Å². The Labute approximate surface area is 101 Å². The highest BCUT2D eigenvalue weighted by molar-refractivity contribution is 5.87. The van der Waals surface area contributed by atoms with Crippen LogP contribution in [0.1, 0.15) is 0 Å². The molecule has 0 heterocycles. The van der Waals surface area contributed by atoms with Crippen LogP contribution in [-0.4, -0.2) is 63.9 Å². The van der Waals surface area contributed by atoms with Gasteiger partial charge in [0.2, 0.25) is 0 Å². The fourth-order valence-corrected chi connectivity index (χ4v) is 0.841. The number of rotatable bonds is 11. The minimum Gasteiger partial charge on any atom is -0.454 e. The van der Waals surface area contributed by atoms with Crippen LogP contribution in [0.5, 0.6) is 0 Å². The Kier molecular flexibility index (Phi) is 12.1. The van der Waals surface area contributed by atoms with Gasteiger partial charge in [-0.3, -0.25) is 0 Å². The smallest absolute Gasteiger partial charge is 0.384 e. The molecule has 1 N–H and O–H groups in total. The summed E-state index contributed by atoms with van der Waals surface area (Å²) in [6.07, 6.45) is 4.79. The van der Waals surface area contributed by atoms with Crippen molar-refractivity contribution in [1.82, 2.24) is 0 Å². The summed E-state index contributed by atoms with van der Waals surface area (Å²) >= 11 is 0. The molecule has 0 spiro atoms. The molecule has 0 saturated heterocycles. The second kappa shape index (κ2) is 12.9. The summed E-state index contributed by atoms with van der Waals surface area (Å²) in [5.41, 5.74) is 0. The first-order valence-corrected chi connectivity index (χ1v) is 5.28. The van der Waals surface area contributed by atoms with Gasteiger partial charge < -0.3 is 24.1 Å². The Hall–Kier alpha value is -1.13. The summed E-state index contributed by atoms with van der Waals surface area (Å²) in [6.45, 7) is 2.51. The van der Waals surface area contributed by atoms with E-state index in [1.165, 1.54) is 0 Å². The van der Waals surface area contributed by atoms with E-state index in [-0.39, 0.29) is 19.8 Å². The molecule has 0 aliphatic heterocycles. The molecule has 0 aromatic heterocycles. The monoisotopic (exact) mass is 246 g/mol. The molecule has 0 aromatic carbocycles. The quantitative estimate of drug-likeness (QED) is 0.223. The average molecular weight is 246 g/mol. The lowest BCUT2D eigenvalue weighted by Crippen LogP contribution is -2.13. The summed E-state index contributed by atoms with van der Waals surface area (Å²) < 4.78 is 19.8. The number of terminal acetylenes is 1. The highest BCUT2D eigenvalue weighted by Crippen LogP contribution is 1.82. The highest BCUT2D eigenvalue weighted by Gasteiger charge is 1.95. The van der Waals surface area contributed by atoms with Crippen LogP contribution in [0.15, 0.2) is 0 Å². The van der Waals surface area contributed by atoms with Crippen molar-refractivity contribution in [2.75, 3.05) is 52.9 Å². The molecule has 0 saturated carbocycles. The molecule has 0 unspecified atom stereocenters. The number of carbonyl (C=O) groups is 1. The van der Waals surface area contributed by atoms with Gasteiger partial charge in [-0.25, -0.2) is 4.79 Å². The maximum Gasteiger partial charge on any atom is 0.384 e. The minimum absolute atomic E-state index is 0.0134. The number of esters is 1. The van der Waals surface area contributed by atoms with E-state index in [1.54, 1.807) is 0 Å². The zero-order chi connectivity index (χ0) is 12.8. The van der Waals surface area contributed by atoms with E-state index < -0.39 is 5.97 Å². The van der Waals surface area contributed by atoms with Crippen LogP contribution in [0.4, 0.5) is 0 Å². The fraction of sp³-hybridized carbons (Fsp3) is 0.727. The molecule has 0 bridgehead atoms. The summed E-state index contributed by atoms with van der Waals surface area (Å²) in [7, 11) is 0. The lowest BCUT2D eigenvalue weighted by atomic mass is 10.6. The van der Waals surface area contributed by atoms with Gasteiger partial charge in [-0.15, -0.1) is 6.42 Å².